The fraction of sp³-hybridized carbons (Fsp3) is 0.360. The molecule has 2 atom stereocenters. The first-order valence-electron chi connectivity index (χ1n) is 11.1. The third kappa shape index (κ3) is 3.69. The predicted octanol–water partition coefficient (Wildman–Crippen LogP) is 5.24. The summed E-state index contributed by atoms with van der Waals surface area (Å²) in [5, 5.41) is 4.33. The van der Waals surface area contributed by atoms with E-state index >= 15 is 0 Å². The van der Waals surface area contributed by atoms with Gasteiger partial charge in [0.15, 0.2) is 5.11 Å². The monoisotopic (exact) mass is 431 g/mol. The Kier molecular flexibility index (Phi) is 5.40. The zero-order valence-electron chi connectivity index (χ0n) is 18.1. The van der Waals surface area contributed by atoms with Gasteiger partial charge in [-0.1, -0.05) is 18.9 Å². The van der Waals surface area contributed by atoms with E-state index in [-0.39, 0.29) is 12.1 Å². The van der Waals surface area contributed by atoms with Crippen molar-refractivity contribution in [1.82, 2.24) is 14.9 Å². The van der Waals surface area contributed by atoms with Crippen LogP contribution in [0.4, 0.5) is 11.4 Å². The van der Waals surface area contributed by atoms with E-state index in [9.17, 15) is 0 Å². The average Bonchev–Trinajstić information content (AvgIpc) is 3.53. The molecule has 0 spiro atoms. The van der Waals surface area contributed by atoms with Crippen molar-refractivity contribution in [1.29, 1.82) is 0 Å². The molecule has 160 valence electrons. The number of pyridine rings is 1. The van der Waals surface area contributed by atoms with Crippen molar-refractivity contribution >= 4 is 28.7 Å². The van der Waals surface area contributed by atoms with Crippen LogP contribution in [0.1, 0.15) is 55.2 Å². The fourth-order valence-corrected chi connectivity index (χ4v) is 5.36. The van der Waals surface area contributed by atoms with Gasteiger partial charge in [0, 0.05) is 49.6 Å². The number of nitrogens with zero attached hydrogens (tertiary/aromatic N) is 4. The van der Waals surface area contributed by atoms with Crippen LogP contribution < -0.4 is 15.1 Å². The van der Waals surface area contributed by atoms with Crippen LogP contribution in [0.25, 0.3) is 0 Å². The molecule has 2 aromatic heterocycles. The molecule has 0 radical (unpaired) electrons. The van der Waals surface area contributed by atoms with Crippen LogP contribution in [0.3, 0.4) is 0 Å². The molecule has 0 amide bonds. The zero-order chi connectivity index (χ0) is 21.4. The van der Waals surface area contributed by atoms with Crippen LogP contribution in [-0.2, 0) is 0 Å². The van der Waals surface area contributed by atoms with Crippen LogP contribution in [0.2, 0.25) is 0 Å². The van der Waals surface area contributed by atoms with E-state index in [1.165, 1.54) is 37.1 Å². The second-order valence-electron chi connectivity index (χ2n) is 8.69. The Morgan fingerprint density at radius 3 is 2.45 bits per heavy atom. The average molecular weight is 432 g/mol. The highest BCUT2D eigenvalue weighted by Crippen LogP contribution is 2.43. The molecule has 1 aliphatic carbocycles. The molecule has 1 aliphatic heterocycles. The molecule has 1 N–H and O–H groups in total. The molecule has 0 unspecified atom stereocenters. The molecule has 5 rings (SSSR count). The van der Waals surface area contributed by atoms with Gasteiger partial charge in [0.1, 0.15) is 6.04 Å². The molecule has 1 saturated carbocycles. The second kappa shape index (κ2) is 8.35. The standard InChI is InChI=1S/C25H29N5S/c1-28(2)18-12-14-20(15-13-18)30-24(22-11-7-17-29(22)19-8-3-4-9-19)23(27-25(30)31)21-10-5-6-16-26-21/h5-7,10-17,19,23-24H,3-4,8-9H2,1-2H3,(H,27,31)/t23-,24-/m0/s1. The van der Waals surface area contributed by atoms with Crippen LogP contribution in [0.5, 0.6) is 0 Å². The summed E-state index contributed by atoms with van der Waals surface area (Å²) in [5.74, 6) is 0. The number of hydrogen-bond donors (Lipinski definition) is 1. The lowest BCUT2D eigenvalue weighted by Gasteiger charge is -2.30. The van der Waals surface area contributed by atoms with E-state index in [1.807, 2.05) is 12.3 Å². The summed E-state index contributed by atoms with van der Waals surface area (Å²) >= 11 is 5.88. The molecule has 3 aromatic rings. The Balaban J connectivity index is 1.59. The smallest absolute Gasteiger partial charge is 0.174 e. The quantitative estimate of drug-likeness (QED) is 0.559. The summed E-state index contributed by atoms with van der Waals surface area (Å²) in [7, 11) is 4.12. The number of thiocarbonyl (C=S) groups is 1. The van der Waals surface area contributed by atoms with Gasteiger partial charge in [0.2, 0.25) is 0 Å². The lowest BCUT2D eigenvalue weighted by molar-refractivity contribution is 0.461. The Labute approximate surface area is 189 Å². The van der Waals surface area contributed by atoms with Crippen molar-refractivity contribution in [3.8, 4) is 0 Å². The summed E-state index contributed by atoms with van der Waals surface area (Å²) in [5.41, 5.74) is 4.59. The topological polar surface area (TPSA) is 36.3 Å². The molecular weight excluding hydrogens is 402 g/mol. The van der Waals surface area contributed by atoms with Crippen molar-refractivity contribution in [2.75, 3.05) is 23.9 Å². The van der Waals surface area contributed by atoms with Crippen molar-refractivity contribution in [3.63, 3.8) is 0 Å². The Morgan fingerprint density at radius 2 is 1.77 bits per heavy atom. The molecular formula is C25H29N5S. The fourth-order valence-electron chi connectivity index (χ4n) is 5.02. The normalized spacial score (nSPS) is 21.5. The first-order valence-corrected chi connectivity index (χ1v) is 11.5. The highest BCUT2D eigenvalue weighted by atomic mass is 32.1. The van der Waals surface area contributed by atoms with E-state index in [0.717, 1.165) is 16.5 Å². The molecule has 6 heteroatoms. The van der Waals surface area contributed by atoms with Crippen LogP contribution >= 0.6 is 12.2 Å². The van der Waals surface area contributed by atoms with E-state index < -0.39 is 0 Å². The van der Waals surface area contributed by atoms with Gasteiger partial charge < -0.3 is 19.7 Å². The molecule has 2 fully saturated rings. The molecule has 1 aromatic carbocycles. The Bertz CT molecular complexity index is 1040. The maximum absolute atomic E-state index is 5.88. The number of benzene rings is 1. The van der Waals surface area contributed by atoms with Gasteiger partial charge in [-0.3, -0.25) is 4.98 Å². The lowest BCUT2D eigenvalue weighted by atomic mass is 10.00. The molecule has 0 bridgehead atoms. The third-order valence-electron chi connectivity index (χ3n) is 6.58. The summed E-state index contributed by atoms with van der Waals surface area (Å²) in [6, 6.07) is 19.8. The van der Waals surface area contributed by atoms with Gasteiger partial charge in [-0.2, -0.15) is 0 Å². The van der Waals surface area contributed by atoms with Gasteiger partial charge in [-0.15, -0.1) is 0 Å². The number of hydrogen-bond acceptors (Lipinski definition) is 3. The van der Waals surface area contributed by atoms with Gasteiger partial charge in [-0.05, 0) is 73.6 Å². The molecule has 5 nitrogen and oxygen atoms in total. The van der Waals surface area contributed by atoms with Gasteiger partial charge in [0.25, 0.3) is 0 Å². The zero-order valence-corrected chi connectivity index (χ0v) is 18.9. The Morgan fingerprint density at radius 1 is 1.00 bits per heavy atom. The maximum atomic E-state index is 5.88. The van der Waals surface area contributed by atoms with Gasteiger partial charge >= 0.3 is 0 Å². The van der Waals surface area contributed by atoms with E-state index in [1.54, 1.807) is 0 Å². The molecule has 2 aliphatic rings. The number of rotatable bonds is 5. The minimum Gasteiger partial charge on any atom is -0.378 e. The minimum atomic E-state index is -0.00252. The summed E-state index contributed by atoms with van der Waals surface area (Å²) in [6.45, 7) is 0. The number of nitrogens with one attached hydrogen (secondary N) is 1. The largest absolute Gasteiger partial charge is 0.378 e. The SMILES string of the molecule is CN(C)c1ccc(N2C(=S)N[C@@H](c3ccccn3)[C@@H]2c2cccn2C2CCCC2)cc1. The predicted molar refractivity (Wildman–Crippen MR) is 131 cm³/mol. The van der Waals surface area contributed by atoms with Crippen LogP contribution in [0.15, 0.2) is 67.0 Å². The highest BCUT2D eigenvalue weighted by molar-refractivity contribution is 7.80. The van der Waals surface area contributed by atoms with E-state index in [2.05, 4.69) is 93.5 Å². The van der Waals surface area contributed by atoms with Crippen molar-refractivity contribution in [2.24, 2.45) is 0 Å². The summed E-state index contributed by atoms with van der Waals surface area (Å²) in [6.07, 6.45) is 9.22. The minimum absolute atomic E-state index is 0.00252. The van der Waals surface area contributed by atoms with Gasteiger partial charge in [0.05, 0.1) is 11.7 Å². The number of aromatic nitrogens is 2. The van der Waals surface area contributed by atoms with Gasteiger partial charge in [-0.25, -0.2) is 0 Å². The number of anilines is 2. The van der Waals surface area contributed by atoms with Crippen LogP contribution in [0, 0.1) is 0 Å². The molecule has 31 heavy (non-hydrogen) atoms. The maximum Gasteiger partial charge on any atom is 0.174 e. The summed E-state index contributed by atoms with van der Waals surface area (Å²) in [4.78, 5) is 9.07. The Hall–Kier alpha value is -2.86. The second-order valence-corrected chi connectivity index (χ2v) is 9.07. The van der Waals surface area contributed by atoms with Crippen molar-refractivity contribution in [3.05, 3.63) is 78.4 Å². The van der Waals surface area contributed by atoms with Crippen LogP contribution in [-0.4, -0.2) is 28.8 Å². The third-order valence-corrected chi connectivity index (χ3v) is 6.89. The van der Waals surface area contributed by atoms with E-state index in [0.29, 0.717) is 6.04 Å². The van der Waals surface area contributed by atoms with E-state index in [4.69, 9.17) is 12.2 Å². The first kappa shape index (κ1) is 20.1. The van der Waals surface area contributed by atoms with Crippen molar-refractivity contribution < 1.29 is 0 Å². The first-order chi connectivity index (χ1) is 15.1. The van der Waals surface area contributed by atoms with Crippen molar-refractivity contribution in [2.45, 2.75) is 43.8 Å². The lowest BCUT2D eigenvalue weighted by Crippen LogP contribution is -2.30. The molecule has 3 heterocycles. The summed E-state index contributed by atoms with van der Waals surface area (Å²) < 4.78 is 2.49. The molecule has 1 saturated heterocycles. The highest BCUT2D eigenvalue weighted by Gasteiger charge is 2.42.